The number of carbonyl (C=O) groups excluding carboxylic acids is 1. The lowest BCUT2D eigenvalue weighted by Crippen LogP contribution is -2.45. The van der Waals surface area contributed by atoms with Gasteiger partial charge in [-0.05, 0) is 32.2 Å². The maximum absolute atomic E-state index is 12.2. The Morgan fingerprint density at radius 3 is 2.75 bits per heavy atom. The SMILES string of the molecule is CCOC(=O)CS(=O)(=O)N1CCCC(CNC(C)C)C1. The van der Waals surface area contributed by atoms with Crippen molar-refractivity contribution in [1.29, 1.82) is 0 Å². The Labute approximate surface area is 121 Å². The number of rotatable bonds is 7. The third kappa shape index (κ3) is 5.76. The molecule has 0 radical (unpaired) electrons. The number of nitrogens with zero attached hydrogens (tertiary/aromatic N) is 1. The molecule has 0 aromatic carbocycles. The Morgan fingerprint density at radius 1 is 1.45 bits per heavy atom. The zero-order chi connectivity index (χ0) is 15.2. The van der Waals surface area contributed by atoms with Crippen molar-refractivity contribution in [2.45, 2.75) is 39.7 Å². The lowest BCUT2D eigenvalue weighted by Gasteiger charge is -2.32. The molecule has 0 aromatic rings. The van der Waals surface area contributed by atoms with Gasteiger partial charge in [-0.2, -0.15) is 0 Å². The fourth-order valence-corrected chi connectivity index (χ4v) is 3.70. The van der Waals surface area contributed by atoms with Crippen molar-refractivity contribution >= 4 is 16.0 Å². The third-order valence-corrected chi connectivity index (χ3v) is 5.01. The van der Waals surface area contributed by atoms with E-state index in [0.717, 1.165) is 19.4 Å². The summed E-state index contributed by atoms with van der Waals surface area (Å²) in [6.45, 7) is 7.80. The van der Waals surface area contributed by atoms with Crippen LogP contribution < -0.4 is 5.32 Å². The van der Waals surface area contributed by atoms with Gasteiger partial charge >= 0.3 is 5.97 Å². The zero-order valence-electron chi connectivity index (χ0n) is 12.6. The first-order valence-corrected chi connectivity index (χ1v) is 8.83. The van der Waals surface area contributed by atoms with E-state index >= 15 is 0 Å². The minimum atomic E-state index is -3.55. The number of sulfonamides is 1. The van der Waals surface area contributed by atoms with Crippen molar-refractivity contribution < 1.29 is 17.9 Å². The molecule has 1 fully saturated rings. The Morgan fingerprint density at radius 2 is 2.15 bits per heavy atom. The Kier molecular flexibility index (Phi) is 6.91. The molecule has 0 aromatic heterocycles. The molecule has 6 nitrogen and oxygen atoms in total. The first-order valence-electron chi connectivity index (χ1n) is 7.22. The quantitative estimate of drug-likeness (QED) is 0.697. The molecule has 0 saturated carbocycles. The molecule has 1 atom stereocenters. The summed E-state index contributed by atoms with van der Waals surface area (Å²) in [6.07, 6.45) is 1.86. The van der Waals surface area contributed by atoms with E-state index in [1.165, 1.54) is 4.31 Å². The number of hydrogen-bond acceptors (Lipinski definition) is 5. The highest BCUT2D eigenvalue weighted by molar-refractivity contribution is 7.89. The van der Waals surface area contributed by atoms with Crippen LogP contribution in [0.15, 0.2) is 0 Å². The number of nitrogens with one attached hydrogen (secondary N) is 1. The second-order valence-electron chi connectivity index (χ2n) is 5.49. The monoisotopic (exact) mass is 306 g/mol. The van der Waals surface area contributed by atoms with Crippen molar-refractivity contribution in [3.05, 3.63) is 0 Å². The summed E-state index contributed by atoms with van der Waals surface area (Å²) in [4.78, 5) is 11.4. The van der Waals surface area contributed by atoms with E-state index in [-0.39, 0.29) is 6.61 Å². The van der Waals surface area contributed by atoms with Crippen molar-refractivity contribution in [3.8, 4) is 0 Å². The largest absolute Gasteiger partial charge is 0.465 e. The molecule has 1 heterocycles. The van der Waals surface area contributed by atoms with E-state index in [1.54, 1.807) is 6.92 Å². The fourth-order valence-electron chi connectivity index (χ4n) is 2.29. The molecular formula is C13H26N2O4S. The third-order valence-electron chi connectivity index (χ3n) is 3.30. The number of esters is 1. The number of hydrogen-bond donors (Lipinski definition) is 1. The molecule has 0 bridgehead atoms. The van der Waals surface area contributed by atoms with Crippen molar-refractivity contribution in [1.82, 2.24) is 9.62 Å². The molecule has 1 saturated heterocycles. The van der Waals surface area contributed by atoms with E-state index in [9.17, 15) is 13.2 Å². The van der Waals surface area contributed by atoms with Gasteiger partial charge in [-0.25, -0.2) is 12.7 Å². The molecule has 0 aliphatic carbocycles. The highest BCUT2D eigenvalue weighted by Crippen LogP contribution is 2.19. The van der Waals surface area contributed by atoms with Gasteiger partial charge in [-0.1, -0.05) is 13.8 Å². The average Bonchev–Trinajstić information content (AvgIpc) is 2.36. The normalized spacial score (nSPS) is 21.1. The van der Waals surface area contributed by atoms with Crippen molar-refractivity contribution in [3.63, 3.8) is 0 Å². The summed E-state index contributed by atoms with van der Waals surface area (Å²) in [5.74, 6) is -0.913. The fraction of sp³-hybridized carbons (Fsp3) is 0.923. The molecular weight excluding hydrogens is 280 g/mol. The van der Waals surface area contributed by atoms with Crippen molar-refractivity contribution in [2.75, 3.05) is 32.0 Å². The Hall–Kier alpha value is -0.660. The highest BCUT2D eigenvalue weighted by atomic mass is 32.2. The second kappa shape index (κ2) is 7.95. The Bertz CT molecular complexity index is 409. The van der Waals surface area contributed by atoms with E-state index in [1.807, 2.05) is 0 Å². The lowest BCUT2D eigenvalue weighted by atomic mass is 9.99. The molecule has 20 heavy (non-hydrogen) atoms. The minimum absolute atomic E-state index is 0.204. The lowest BCUT2D eigenvalue weighted by molar-refractivity contribution is -0.140. The molecule has 0 spiro atoms. The smallest absolute Gasteiger partial charge is 0.322 e. The van der Waals surface area contributed by atoms with Gasteiger partial charge in [-0.3, -0.25) is 4.79 Å². The maximum Gasteiger partial charge on any atom is 0.322 e. The van der Waals surface area contributed by atoms with Crippen LogP contribution in [0.4, 0.5) is 0 Å². The molecule has 0 amide bonds. The minimum Gasteiger partial charge on any atom is -0.465 e. The number of ether oxygens (including phenoxy) is 1. The van der Waals surface area contributed by atoms with Crippen LogP contribution >= 0.6 is 0 Å². The molecule has 7 heteroatoms. The van der Waals surface area contributed by atoms with Gasteiger partial charge in [0, 0.05) is 19.1 Å². The summed E-state index contributed by atoms with van der Waals surface area (Å²) < 4.78 is 30.5. The van der Waals surface area contributed by atoms with Crippen LogP contribution in [-0.4, -0.2) is 56.7 Å². The highest BCUT2D eigenvalue weighted by Gasteiger charge is 2.30. The summed E-state index contributed by atoms with van der Waals surface area (Å²) in [5, 5.41) is 3.34. The number of carbonyl (C=O) groups is 1. The van der Waals surface area contributed by atoms with Crippen LogP contribution in [0.5, 0.6) is 0 Å². The van der Waals surface area contributed by atoms with Crippen LogP contribution in [0.25, 0.3) is 0 Å². The Balaban J connectivity index is 2.54. The van der Waals surface area contributed by atoms with Gasteiger partial charge in [0.25, 0.3) is 0 Å². The van der Waals surface area contributed by atoms with Crippen LogP contribution in [0.3, 0.4) is 0 Å². The van der Waals surface area contributed by atoms with Crippen molar-refractivity contribution in [2.24, 2.45) is 5.92 Å². The predicted molar refractivity (Wildman–Crippen MR) is 77.9 cm³/mol. The predicted octanol–water partition coefficient (Wildman–Crippen LogP) is 0.589. The van der Waals surface area contributed by atoms with Gasteiger partial charge in [0.1, 0.15) is 0 Å². The molecule has 1 aliphatic heterocycles. The topological polar surface area (TPSA) is 75.7 Å². The van der Waals surface area contributed by atoms with E-state index in [4.69, 9.17) is 4.74 Å². The van der Waals surface area contributed by atoms with Gasteiger partial charge in [0.2, 0.25) is 10.0 Å². The molecule has 118 valence electrons. The molecule has 1 rings (SSSR count). The summed E-state index contributed by atoms with van der Waals surface area (Å²) in [7, 11) is -3.55. The summed E-state index contributed by atoms with van der Waals surface area (Å²) >= 11 is 0. The molecule has 1 N–H and O–H groups in total. The maximum atomic E-state index is 12.2. The first kappa shape index (κ1) is 17.4. The summed E-state index contributed by atoms with van der Waals surface area (Å²) in [5.41, 5.74) is 0. The van der Waals surface area contributed by atoms with Gasteiger partial charge < -0.3 is 10.1 Å². The standard InChI is InChI=1S/C13H26N2O4S/c1-4-19-13(16)10-20(17,18)15-7-5-6-12(9-15)8-14-11(2)3/h11-12,14H,4-10H2,1-3H3. The van der Waals surface area contributed by atoms with E-state index in [2.05, 4.69) is 19.2 Å². The van der Waals surface area contributed by atoms with Gasteiger partial charge in [0.15, 0.2) is 5.75 Å². The van der Waals surface area contributed by atoms with Crippen LogP contribution in [-0.2, 0) is 19.6 Å². The first-order chi connectivity index (χ1) is 9.35. The van der Waals surface area contributed by atoms with Crippen LogP contribution in [0.1, 0.15) is 33.6 Å². The van der Waals surface area contributed by atoms with Crippen LogP contribution in [0, 0.1) is 5.92 Å². The van der Waals surface area contributed by atoms with Crippen LogP contribution in [0.2, 0.25) is 0 Å². The van der Waals surface area contributed by atoms with Gasteiger partial charge in [-0.15, -0.1) is 0 Å². The van der Waals surface area contributed by atoms with E-state index in [0.29, 0.717) is 25.0 Å². The van der Waals surface area contributed by atoms with Gasteiger partial charge in [0.05, 0.1) is 6.61 Å². The second-order valence-corrected chi connectivity index (χ2v) is 7.46. The summed E-state index contributed by atoms with van der Waals surface area (Å²) in [6, 6.07) is 0.390. The zero-order valence-corrected chi connectivity index (χ0v) is 13.4. The number of piperidine rings is 1. The average molecular weight is 306 g/mol. The van der Waals surface area contributed by atoms with E-state index < -0.39 is 21.7 Å². The molecule has 1 aliphatic rings. The molecule has 1 unspecified atom stereocenters.